The smallest absolute Gasteiger partial charge is 0.0783 e. The molecule has 1 aromatic carbocycles. The van der Waals surface area contributed by atoms with Gasteiger partial charge in [0.25, 0.3) is 0 Å². The molecule has 2 heteroatoms. The van der Waals surface area contributed by atoms with E-state index in [0.717, 1.165) is 0 Å². The Bertz CT molecular complexity index is 301. The van der Waals surface area contributed by atoms with Crippen LogP contribution in [0.4, 0.5) is 5.69 Å². The molecule has 13 heavy (non-hydrogen) atoms. The third kappa shape index (κ3) is 3.47. The first-order valence-corrected chi connectivity index (χ1v) is 6.15. The Labute approximate surface area is 82.7 Å². The van der Waals surface area contributed by atoms with Gasteiger partial charge in [-0.3, -0.25) is 0 Å². The van der Waals surface area contributed by atoms with Crippen molar-refractivity contribution >= 4 is 20.4 Å². The Morgan fingerprint density at radius 2 is 2.15 bits per heavy atom. The molecule has 1 rings (SSSR count). The van der Waals surface area contributed by atoms with E-state index in [0.29, 0.717) is 0 Å². The summed E-state index contributed by atoms with van der Waals surface area (Å²) in [6.45, 7) is 4.32. The Morgan fingerprint density at radius 1 is 1.38 bits per heavy atom. The normalized spacial score (nSPS) is 10.4. The summed E-state index contributed by atoms with van der Waals surface area (Å²) in [4.78, 5) is 0. The second kappa shape index (κ2) is 4.87. The first-order valence-electron chi connectivity index (χ1n) is 4.62. The van der Waals surface area contributed by atoms with Crippen LogP contribution in [0, 0.1) is 0 Å². The molecule has 0 radical (unpaired) electrons. The topological polar surface area (TPSA) is 12.0 Å². The van der Waals surface area contributed by atoms with E-state index in [9.17, 15) is 0 Å². The molecule has 0 heterocycles. The molecule has 70 valence electrons. The number of benzene rings is 1. The van der Waals surface area contributed by atoms with Gasteiger partial charge >= 0.3 is 0 Å². The highest BCUT2D eigenvalue weighted by atomic mass is 28.2. The molecule has 0 bridgehead atoms. The fourth-order valence-electron chi connectivity index (χ4n) is 1.18. The molecular formula is C11H17NSi. The lowest BCUT2D eigenvalue weighted by molar-refractivity contribution is 1.41. The average Bonchev–Trinajstić information content (AvgIpc) is 2.15. The summed E-state index contributed by atoms with van der Waals surface area (Å²) in [7, 11) is 1.77. The Kier molecular flexibility index (Phi) is 3.77. The summed E-state index contributed by atoms with van der Waals surface area (Å²) >= 11 is 0. The van der Waals surface area contributed by atoms with Crippen molar-refractivity contribution in [2.45, 2.75) is 13.8 Å². The van der Waals surface area contributed by atoms with Crippen molar-refractivity contribution in [3.05, 3.63) is 35.5 Å². The molecule has 0 aromatic heterocycles. The first-order chi connectivity index (χ1) is 6.22. The van der Waals surface area contributed by atoms with Crippen LogP contribution in [0.5, 0.6) is 0 Å². The number of rotatable bonds is 3. The van der Waals surface area contributed by atoms with Crippen molar-refractivity contribution in [3.63, 3.8) is 0 Å². The van der Waals surface area contributed by atoms with Crippen molar-refractivity contribution in [1.82, 2.24) is 0 Å². The maximum atomic E-state index is 3.16. The number of nitrogens with one attached hydrogen (secondary N) is 1. The van der Waals surface area contributed by atoms with Gasteiger partial charge in [-0.05, 0) is 26.0 Å². The molecular weight excluding hydrogens is 174 g/mol. The maximum Gasteiger partial charge on any atom is 0.0783 e. The highest BCUT2D eigenvalue weighted by Gasteiger charge is 1.92. The molecule has 0 aliphatic rings. The lowest BCUT2D eigenvalue weighted by Gasteiger charge is -2.01. The van der Waals surface area contributed by atoms with Gasteiger partial charge in [-0.1, -0.05) is 28.6 Å². The zero-order valence-electron chi connectivity index (χ0n) is 8.59. The summed E-state index contributed by atoms with van der Waals surface area (Å²) < 4.78 is 0. The van der Waals surface area contributed by atoms with Gasteiger partial charge in [0.2, 0.25) is 0 Å². The Balaban J connectivity index is 2.72. The van der Waals surface area contributed by atoms with E-state index < -0.39 is 0 Å². The number of allylic oxidation sites excluding steroid dienone is 1. The van der Waals surface area contributed by atoms with Crippen molar-refractivity contribution in [2.24, 2.45) is 0 Å². The van der Waals surface area contributed by atoms with Crippen LogP contribution < -0.4 is 10.5 Å². The minimum absolute atomic E-state index is 0.192. The van der Waals surface area contributed by atoms with Gasteiger partial charge < -0.3 is 5.32 Å². The molecule has 0 spiro atoms. The zero-order valence-corrected chi connectivity index (χ0v) is 10.0. The number of anilines is 1. The third-order valence-corrected chi connectivity index (χ3v) is 3.89. The highest BCUT2D eigenvalue weighted by Crippen LogP contribution is 2.01. The quantitative estimate of drug-likeness (QED) is 0.713. The van der Waals surface area contributed by atoms with E-state index in [4.69, 9.17) is 0 Å². The first kappa shape index (κ1) is 10.1. The van der Waals surface area contributed by atoms with Crippen LogP contribution in [0.2, 0.25) is 0 Å². The minimum atomic E-state index is -0.192. The molecule has 0 aliphatic carbocycles. The lowest BCUT2D eigenvalue weighted by Crippen LogP contribution is -2.12. The monoisotopic (exact) mass is 191 g/mol. The predicted molar refractivity (Wildman–Crippen MR) is 63.6 cm³/mol. The Hall–Kier alpha value is -1.02. The molecule has 0 fully saturated rings. The fraction of sp³-hybridized carbons (Fsp3) is 0.273. The summed E-state index contributed by atoms with van der Waals surface area (Å²) in [6, 6.07) is 8.67. The summed E-state index contributed by atoms with van der Waals surface area (Å²) in [5, 5.41) is 4.65. The van der Waals surface area contributed by atoms with E-state index in [2.05, 4.69) is 49.1 Å². The molecule has 0 unspecified atom stereocenters. The minimum Gasteiger partial charge on any atom is -0.388 e. The van der Waals surface area contributed by atoms with Crippen LogP contribution in [0.15, 0.2) is 35.5 Å². The van der Waals surface area contributed by atoms with Crippen molar-refractivity contribution in [1.29, 1.82) is 0 Å². The van der Waals surface area contributed by atoms with Crippen LogP contribution >= 0.6 is 0 Å². The van der Waals surface area contributed by atoms with Gasteiger partial charge in [-0.15, -0.1) is 0 Å². The molecule has 0 aliphatic heterocycles. The number of hydrogen-bond donors (Lipinski definition) is 1. The van der Waals surface area contributed by atoms with Crippen LogP contribution in [-0.4, -0.2) is 16.6 Å². The van der Waals surface area contributed by atoms with Crippen LogP contribution in [0.1, 0.15) is 13.8 Å². The highest BCUT2D eigenvalue weighted by molar-refractivity contribution is 6.58. The van der Waals surface area contributed by atoms with Gasteiger partial charge in [0.15, 0.2) is 0 Å². The molecule has 0 saturated carbocycles. The van der Waals surface area contributed by atoms with Crippen molar-refractivity contribution in [2.75, 3.05) is 12.4 Å². The fourth-order valence-corrected chi connectivity index (χ4v) is 2.43. The van der Waals surface area contributed by atoms with Crippen LogP contribution in [-0.2, 0) is 0 Å². The summed E-state index contributed by atoms with van der Waals surface area (Å²) in [5.41, 5.74) is 5.03. The van der Waals surface area contributed by atoms with Gasteiger partial charge in [0, 0.05) is 12.7 Å². The predicted octanol–water partition coefficient (Wildman–Crippen LogP) is 1.45. The Morgan fingerprint density at radius 3 is 2.77 bits per heavy atom. The van der Waals surface area contributed by atoms with Crippen LogP contribution in [0.3, 0.4) is 0 Å². The molecule has 0 saturated heterocycles. The van der Waals surface area contributed by atoms with Gasteiger partial charge in [-0.25, -0.2) is 0 Å². The SMILES string of the molecule is CNc1cccc([SiH2]C=C(C)C)c1. The molecule has 0 atom stereocenters. The van der Waals surface area contributed by atoms with E-state index in [1.54, 1.807) is 0 Å². The second-order valence-corrected chi connectivity index (χ2v) is 5.07. The molecule has 1 aromatic rings. The van der Waals surface area contributed by atoms with E-state index in [-0.39, 0.29) is 9.52 Å². The lowest BCUT2D eigenvalue weighted by atomic mass is 10.3. The summed E-state index contributed by atoms with van der Waals surface area (Å²) in [6.07, 6.45) is 0. The van der Waals surface area contributed by atoms with E-state index in [1.807, 2.05) is 7.05 Å². The average molecular weight is 191 g/mol. The van der Waals surface area contributed by atoms with Gasteiger partial charge in [0.1, 0.15) is 0 Å². The summed E-state index contributed by atoms with van der Waals surface area (Å²) in [5.74, 6) is 0. The van der Waals surface area contributed by atoms with Crippen LogP contribution in [0.25, 0.3) is 0 Å². The standard InChI is InChI=1S/C11H17NSi/c1-9(2)8-13-11-6-4-5-10(7-11)12-3/h4-8,12H,13H2,1-3H3. The maximum absolute atomic E-state index is 3.16. The van der Waals surface area contributed by atoms with E-state index >= 15 is 0 Å². The van der Waals surface area contributed by atoms with E-state index in [1.165, 1.54) is 16.4 Å². The second-order valence-electron chi connectivity index (χ2n) is 3.44. The molecule has 1 nitrogen and oxygen atoms in total. The van der Waals surface area contributed by atoms with Gasteiger partial charge in [-0.2, -0.15) is 0 Å². The number of hydrogen-bond acceptors (Lipinski definition) is 1. The third-order valence-electron chi connectivity index (χ3n) is 1.96. The van der Waals surface area contributed by atoms with Crippen molar-refractivity contribution in [3.8, 4) is 0 Å². The molecule has 0 amide bonds. The van der Waals surface area contributed by atoms with Crippen molar-refractivity contribution < 1.29 is 0 Å². The molecule has 1 N–H and O–H groups in total. The van der Waals surface area contributed by atoms with Gasteiger partial charge in [0.05, 0.1) is 9.52 Å². The zero-order chi connectivity index (χ0) is 9.68. The largest absolute Gasteiger partial charge is 0.388 e.